The zero-order chi connectivity index (χ0) is 59.1. The fourth-order valence-corrected chi connectivity index (χ4v) is 9.44. The third-order valence-electron chi connectivity index (χ3n) is 10.00. The SMILES string of the molecule is Nc1nc(Cl)nc(Nc2cc(S(=O)(=O)O)cc3cc(S(=O)(=O)O)c(N=Nc4cc([N+](=O)[O-])ccc4O)c(O)c23)n1.Nc1nc(Cl)nc(Nc2cc(S(=O)(=O)O)cc3cc(S(=O)(=O)O)c(N=Nc4cc([N+](=O)[O-])ccc4O)c(O)c23)n1.[Cr].[Na+].[Na+].[Na+].[Na+].[Na+]. The van der Waals surface area contributed by atoms with Crippen LogP contribution < -0.4 is 170 Å². The Bertz CT molecular complexity index is 4220. The number of azo groups is 2. The fourth-order valence-electron chi connectivity index (χ4n) is 6.70. The van der Waals surface area contributed by atoms with Crippen LogP contribution in [0.5, 0.6) is 23.0 Å². The Morgan fingerprint density at radius 2 is 0.802 bits per heavy atom. The van der Waals surface area contributed by atoms with Gasteiger partial charge in [0.15, 0.2) is 11.5 Å². The minimum atomic E-state index is -5.20. The first kappa shape index (κ1) is 80.0. The number of nitro benzene ring substituents is 2. The summed E-state index contributed by atoms with van der Waals surface area (Å²) in [5.41, 5.74) is 6.45. The summed E-state index contributed by atoms with van der Waals surface area (Å²) >= 11 is 11.5. The number of aromatic nitrogens is 6. The van der Waals surface area contributed by atoms with Crippen LogP contribution in [0.2, 0.25) is 10.6 Å². The number of non-ortho nitro benzene ring substituents is 2. The molecule has 14 N–H and O–H groups in total. The predicted octanol–water partition coefficient (Wildman–Crippen LogP) is -8.52. The van der Waals surface area contributed by atoms with Crippen molar-refractivity contribution < 1.29 is 247 Å². The summed E-state index contributed by atoms with van der Waals surface area (Å²) in [4.78, 5) is 38.9. The van der Waals surface area contributed by atoms with Gasteiger partial charge in [0.25, 0.3) is 51.8 Å². The molecule has 2 aromatic heterocycles. The van der Waals surface area contributed by atoms with Gasteiger partial charge in [-0.3, -0.25) is 38.4 Å². The summed E-state index contributed by atoms with van der Waals surface area (Å²) in [6, 6.07) is 9.89. The van der Waals surface area contributed by atoms with E-state index in [1.807, 2.05) is 0 Å². The summed E-state index contributed by atoms with van der Waals surface area (Å²) in [7, 11) is -20.2. The Hall–Kier alpha value is -3.99. The third-order valence-corrected chi connectivity index (χ3v) is 13.7. The van der Waals surface area contributed by atoms with Crippen molar-refractivity contribution in [2.24, 2.45) is 20.5 Å². The van der Waals surface area contributed by atoms with Crippen molar-refractivity contribution in [3.8, 4) is 23.0 Å². The van der Waals surface area contributed by atoms with E-state index in [1.165, 1.54) is 0 Å². The van der Waals surface area contributed by atoms with Crippen molar-refractivity contribution in [3.05, 3.63) is 104 Å². The number of rotatable bonds is 14. The number of hydrogen-bond acceptors (Lipinski definition) is 30. The molecule has 0 amide bonds. The van der Waals surface area contributed by atoms with Crippen LogP contribution in [0.15, 0.2) is 113 Å². The van der Waals surface area contributed by atoms with E-state index in [9.17, 15) is 92.5 Å². The van der Waals surface area contributed by atoms with Gasteiger partial charge in [0.2, 0.25) is 34.4 Å². The summed E-state index contributed by atoms with van der Waals surface area (Å²) in [6.07, 6.45) is 0. The number of fused-ring (bicyclic) bond motifs is 2. The summed E-state index contributed by atoms with van der Waals surface area (Å²) in [5.74, 6) is -4.69. The molecule has 0 saturated heterocycles. The number of nitrogens with one attached hydrogen (secondary N) is 2. The van der Waals surface area contributed by atoms with Gasteiger partial charge in [0.05, 0.1) is 31.0 Å². The van der Waals surface area contributed by atoms with E-state index in [1.54, 1.807) is 0 Å². The molecule has 86 heavy (non-hydrogen) atoms. The van der Waals surface area contributed by atoms with Gasteiger partial charge < -0.3 is 42.5 Å². The molecule has 0 spiro atoms. The molecule has 0 aliphatic heterocycles. The van der Waals surface area contributed by atoms with Gasteiger partial charge in [-0.2, -0.15) is 63.6 Å². The Balaban J connectivity index is 0.000000804. The van der Waals surface area contributed by atoms with Crippen molar-refractivity contribution in [2.45, 2.75) is 19.6 Å². The van der Waals surface area contributed by atoms with Crippen molar-refractivity contribution in [1.29, 1.82) is 0 Å². The minimum Gasteiger partial charge on any atom is -0.506 e. The zero-order valence-corrected chi connectivity index (χ0v) is 59.8. The molecule has 0 unspecified atom stereocenters. The van der Waals surface area contributed by atoms with Crippen molar-refractivity contribution in [1.82, 2.24) is 29.9 Å². The fraction of sp³-hybridized carbons (Fsp3) is 0. The number of phenols is 4. The molecule has 0 saturated carbocycles. The van der Waals surface area contributed by atoms with Gasteiger partial charge in [-0.25, -0.2) is 0 Å². The molecule has 8 rings (SSSR count). The maximum absolute atomic E-state index is 12.2. The van der Waals surface area contributed by atoms with E-state index in [0.717, 1.165) is 60.7 Å². The first-order valence-electron chi connectivity index (χ1n) is 20.3. The van der Waals surface area contributed by atoms with Crippen LogP contribution in [0.1, 0.15) is 0 Å². The molecule has 6 aromatic carbocycles. The molecular weight excluding hydrogens is 1370 g/mol. The Kier molecular flexibility index (Phi) is 29.5. The number of anilines is 6. The number of nitro groups is 2. The monoisotopic (exact) mass is 1390 g/mol. The van der Waals surface area contributed by atoms with Gasteiger partial charge >= 0.3 is 148 Å². The number of halogens is 2. The van der Waals surface area contributed by atoms with E-state index in [0.29, 0.717) is 12.1 Å². The van der Waals surface area contributed by atoms with Crippen LogP contribution in [0, 0.1) is 20.2 Å². The van der Waals surface area contributed by atoms with Crippen molar-refractivity contribution >= 4 is 155 Å². The number of phenolic OH excluding ortho intramolecular Hbond substituents is 4. The van der Waals surface area contributed by atoms with E-state index < -0.39 is 127 Å². The molecule has 0 aliphatic carbocycles. The summed E-state index contributed by atoms with van der Waals surface area (Å²) in [6.45, 7) is 0. The second-order valence-corrected chi connectivity index (χ2v) is 21.6. The van der Waals surface area contributed by atoms with Crippen molar-refractivity contribution in [3.63, 3.8) is 0 Å². The largest absolute Gasteiger partial charge is 1.00 e. The van der Waals surface area contributed by atoms with E-state index in [2.05, 4.69) is 61.0 Å². The van der Waals surface area contributed by atoms with Gasteiger partial charge in [-0.15, -0.1) is 20.5 Å². The quantitative estimate of drug-likeness (QED) is 0.0158. The number of nitrogens with two attached hydrogens (primary N) is 2. The first-order valence-corrected chi connectivity index (χ1v) is 26.8. The maximum atomic E-state index is 12.2. The van der Waals surface area contributed by atoms with Crippen LogP contribution in [0.4, 0.5) is 69.3 Å². The molecule has 422 valence electrons. The van der Waals surface area contributed by atoms with Crippen LogP contribution in [-0.4, -0.2) is 112 Å². The number of nitrogen functional groups attached to an aromatic ring is 2. The third kappa shape index (κ3) is 19.5. The molecule has 0 radical (unpaired) electrons. The summed E-state index contributed by atoms with van der Waals surface area (Å²) in [5, 5.41) is 81.4. The van der Waals surface area contributed by atoms with Crippen LogP contribution in [0.25, 0.3) is 21.5 Å². The van der Waals surface area contributed by atoms with Gasteiger partial charge in [0, 0.05) is 52.4 Å². The van der Waals surface area contributed by atoms with Crippen LogP contribution in [0.3, 0.4) is 0 Å². The van der Waals surface area contributed by atoms with Crippen molar-refractivity contribution in [2.75, 3.05) is 22.1 Å². The van der Waals surface area contributed by atoms with E-state index in [-0.39, 0.29) is 232 Å². The van der Waals surface area contributed by atoms with E-state index >= 15 is 0 Å². The second-order valence-electron chi connectivity index (χ2n) is 15.3. The van der Waals surface area contributed by atoms with Crippen LogP contribution in [-0.2, 0) is 57.8 Å². The molecule has 0 bridgehead atoms. The average molecular weight is 1390 g/mol. The minimum absolute atomic E-state index is 0. The smallest absolute Gasteiger partial charge is 0.506 e. The standard InChI is InChI=1S/2C19H13ClN8O10S2.Cr.5Na/c2*20-17-23-18(21)25-19(24-17)22-11-6-9(39(33,34)35)3-7-4-13(40(36,37)38)15(16(30)14(7)11)27-26-10-5-8(28(31)32)1-2-12(10)29;;;;;;/h2*1-6,29-30H,(H,33,34,35)(H,36,37,38)(H3,21,22,23,24,25);;;;;;/q;;;5*+1. The van der Waals surface area contributed by atoms with Gasteiger partial charge in [0.1, 0.15) is 44.0 Å². The predicted molar refractivity (Wildman–Crippen MR) is 273 cm³/mol. The normalized spacial score (nSPS) is 11.3. The second kappa shape index (κ2) is 31.6. The zero-order valence-electron chi connectivity index (χ0n) is 43.7. The Morgan fingerprint density at radius 3 is 1.08 bits per heavy atom. The number of benzene rings is 6. The molecular formula is C38H26Cl2CrN16Na5O20S4+5. The Labute approximate surface area is 612 Å². The topological polar surface area (TPSA) is 588 Å². The first-order chi connectivity index (χ1) is 37.1. The molecule has 8 aromatic rings. The summed E-state index contributed by atoms with van der Waals surface area (Å²) < 4.78 is 135. The van der Waals surface area contributed by atoms with Gasteiger partial charge in [-0.05, 0) is 82.5 Å². The Morgan fingerprint density at radius 1 is 0.477 bits per heavy atom. The molecule has 48 heteroatoms. The molecule has 0 aliphatic rings. The molecule has 36 nitrogen and oxygen atoms in total. The average Bonchev–Trinajstić information content (AvgIpc) is 1.25. The number of nitrogens with zero attached hydrogens (tertiary/aromatic N) is 12. The molecule has 0 fully saturated rings. The molecule has 2 heterocycles. The van der Waals surface area contributed by atoms with Crippen LogP contribution >= 0.6 is 23.2 Å². The maximum Gasteiger partial charge on any atom is 1.00 e. The van der Waals surface area contributed by atoms with Gasteiger partial charge in [-0.1, -0.05) is 0 Å². The number of hydrogen-bond donors (Lipinski definition) is 12. The number of aromatic hydroxyl groups is 4. The molecule has 0 atom stereocenters. The van der Waals surface area contributed by atoms with E-state index in [4.69, 9.17) is 34.7 Å².